The average molecular weight is 287 g/mol. The number of hydrogen-bond donors (Lipinski definition) is 0. The second-order valence-electron chi connectivity index (χ2n) is 4.57. The van der Waals surface area contributed by atoms with Crippen LogP contribution in [0.2, 0.25) is 0 Å². The minimum Gasteiger partial charge on any atom is -0.744 e. The Bertz CT molecular complexity index is 509. The molecule has 0 amide bonds. The first-order valence-electron chi connectivity index (χ1n) is 5.89. The van der Waals surface area contributed by atoms with Crippen molar-refractivity contribution in [2.24, 2.45) is 5.41 Å². The molecule has 6 heteroatoms. The molecule has 0 aliphatic rings. The summed E-state index contributed by atoms with van der Waals surface area (Å²) in [6.07, 6.45) is 0. The van der Waals surface area contributed by atoms with Gasteiger partial charge in [-0.1, -0.05) is 13.8 Å². The van der Waals surface area contributed by atoms with Crippen molar-refractivity contribution >= 4 is 16.1 Å². The highest BCUT2D eigenvalue weighted by Crippen LogP contribution is 2.20. The molecule has 1 aromatic rings. The Balaban J connectivity index is 0.00000154. The molecule has 19 heavy (non-hydrogen) atoms. The van der Waals surface area contributed by atoms with Gasteiger partial charge in [0, 0.05) is 0 Å². The Morgan fingerprint density at radius 2 is 1.53 bits per heavy atom. The molecule has 0 aromatic heterocycles. The SMILES string of the molecule is CC.CC(C)(C)C(=O)Oc1ccc(S(=O)(=O)[O-])cc1. The first-order chi connectivity index (χ1) is 8.60. The molecule has 0 radical (unpaired) electrons. The molecule has 1 rings (SSSR count). The van der Waals surface area contributed by atoms with E-state index in [2.05, 4.69) is 0 Å². The molecule has 0 aliphatic carbocycles. The quantitative estimate of drug-likeness (QED) is 0.474. The van der Waals surface area contributed by atoms with E-state index in [1.165, 1.54) is 12.1 Å². The summed E-state index contributed by atoms with van der Waals surface area (Å²) in [5.41, 5.74) is -0.650. The Kier molecular flexibility index (Phi) is 6.18. The highest BCUT2D eigenvalue weighted by Gasteiger charge is 2.23. The molecule has 0 aliphatic heterocycles. The van der Waals surface area contributed by atoms with Crippen LogP contribution in [0.25, 0.3) is 0 Å². The third-order valence-corrected chi connectivity index (χ3v) is 2.78. The van der Waals surface area contributed by atoms with E-state index >= 15 is 0 Å². The highest BCUT2D eigenvalue weighted by molar-refractivity contribution is 7.85. The summed E-state index contributed by atoms with van der Waals surface area (Å²) in [4.78, 5) is 11.2. The van der Waals surface area contributed by atoms with Gasteiger partial charge in [-0.05, 0) is 45.0 Å². The normalized spacial score (nSPS) is 11.3. The van der Waals surface area contributed by atoms with E-state index in [9.17, 15) is 17.8 Å². The molecule has 0 spiro atoms. The van der Waals surface area contributed by atoms with Crippen molar-refractivity contribution in [1.29, 1.82) is 0 Å². The molecule has 0 heterocycles. The van der Waals surface area contributed by atoms with Crippen molar-refractivity contribution in [2.45, 2.75) is 39.5 Å². The zero-order chi connectivity index (χ0) is 15.3. The van der Waals surface area contributed by atoms with Crippen LogP contribution in [0.4, 0.5) is 0 Å². The van der Waals surface area contributed by atoms with Crippen molar-refractivity contribution < 1.29 is 22.5 Å². The van der Waals surface area contributed by atoms with Gasteiger partial charge in [0.2, 0.25) is 0 Å². The van der Waals surface area contributed by atoms with Crippen LogP contribution in [0.1, 0.15) is 34.6 Å². The van der Waals surface area contributed by atoms with E-state index in [0.717, 1.165) is 12.1 Å². The van der Waals surface area contributed by atoms with Gasteiger partial charge in [0.05, 0.1) is 10.3 Å². The number of rotatable bonds is 2. The summed E-state index contributed by atoms with van der Waals surface area (Å²) in [5.74, 6) is -0.229. The first-order valence-corrected chi connectivity index (χ1v) is 7.30. The Morgan fingerprint density at radius 1 is 1.11 bits per heavy atom. The van der Waals surface area contributed by atoms with Crippen molar-refractivity contribution in [3.8, 4) is 5.75 Å². The van der Waals surface area contributed by atoms with E-state index in [1.54, 1.807) is 20.8 Å². The zero-order valence-electron chi connectivity index (χ0n) is 11.8. The van der Waals surface area contributed by atoms with Crippen molar-refractivity contribution in [3.63, 3.8) is 0 Å². The van der Waals surface area contributed by atoms with Crippen molar-refractivity contribution in [3.05, 3.63) is 24.3 Å². The number of carbonyl (C=O) groups excluding carboxylic acids is 1. The standard InChI is InChI=1S/C11H14O5S.C2H6/c1-11(2,3)10(12)16-8-4-6-9(7-5-8)17(13,14)15;1-2/h4-7H,1-3H3,(H,13,14,15);1-2H3/p-1. The van der Waals surface area contributed by atoms with Gasteiger partial charge >= 0.3 is 5.97 Å². The van der Waals surface area contributed by atoms with Crippen LogP contribution in [-0.4, -0.2) is 18.9 Å². The van der Waals surface area contributed by atoms with E-state index in [-0.39, 0.29) is 10.6 Å². The lowest BCUT2D eigenvalue weighted by atomic mass is 9.97. The molecule has 0 bridgehead atoms. The van der Waals surface area contributed by atoms with Gasteiger partial charge in [-0.2, -0.15) is 0 Å². The molecular formula is C13H19O5S-. The fourth-order valence-corrected chi connectivity index (χ4v) is 1.40. The van der Waals surface area contributed by atoms with Crippen molar-refractivity contribution in [1.82, 2.24) is 0 Å². The first kappa shape index (κ1) is 17.6. The Morgan fingerprint density at radius 3 is 1.84 bits per heavy atom. The summed E-state index contributed by atoms with van der Waals surface area (Å²) in [6.45, 7) is 9.10. The third kappa shape index (κ3) is 5.85. The Labute approximate surface area is 114 Å². The third-order valence-electron chi connectivity index (χ3n) is 1.94. The molecule has 0 unspecified atom stereocenters. The van der Waals surface area contributed by atoms with Gasteiger partial charge in [-0.25, -0.2) is 8.42 Å². The fourth-order valence-electron chi connectivity index (χ4n) is 0.934. The molecule has 1 aromatic carbocycles. The van der Waals surface area contributed by atoms with Gasteiger partial charge < -0.3 is 9.29 Å². The summed E-state index contributed by atoms with van der Waals surface area (Å²) >= 11 is 0. The van der Waals surface area contributed by atoms with Crippen LogP contribution in [0.3, 0.4) is 0 Å². The zero-order valence-corrected chi connectivity index (χ0v) is 12.6. The number of ether oxygens (including phenoxy) is 1. The van der Waals surface area contributed by atoms with Gasteiger partial charge in [0.1, 0.15) is 15.9 Å². The molecule has 108 valence electrons. The highest BCUT2D eigenvalue weighted by atomic mass is 32.2. The van der Waals surface area contributed by atoms with Crippen LogP contribution in [0.5, 0.6) is 5.75 Å². The average Bonchev–Trinajstić information content (AvgIpc) is 2.30. The monoisotopic (exact) mass is 287 g/mol. The maximum absolute atomic E-state index is 11.5. The van der Waals surface area contributed by atoms with E-state index < -0.39 is 21.5 Å². The molecule has 0 fully saturated rings. The summed E-state index contributed by atoms with van der Waals surface area (Å²) in [7, 11) is -4.47. The molecule has 0 N–H and O–H groups in total. The van der Waals surface area contributed by atoms with E-state index in [0.29, 0.717) is 0 Å². The van der Waals surface area contributed by atoms with Gasteiger partial charge in [0.15, 0.2) is 0 Å². The molecular weight excluding hydrogens is 268 g/mol. The number of benzene rings is 1. The second kappa shape index (κ2) is 6.68. The summed E-state index contributed by atoms with van der Waals surface area (Å²) < 4.78 is 37.0. The summed E-state index contributed by atoms with van der Waals surface area (Å²) in [5, 5.41) is 0. The van der Waals surface area contributed by atoms with Crippen LogP contribution in [0.15, 0.2) is 29.2 Å². The second-order valence-corrected chi connectivity index (χ2v) is 5.94. The molecule has 0 saturated carbocycles. The smallest absolute Gasteiger partial charge is 0.316 e. The van der Waals surface area contributed by atoms with Crippen LogP contribution >= 0.6 is 0 Å². The minimum atomic E-state index is -4.47. The number of hydrogen-bond acceptors (Lipinski definition) is 5. The predicted octanol–water partition coefficient (Wildman–Crippen LogP) is 2.57. The summed E-state index contributed by atoms with van der Waals surface area (Å²) in [6, 6.07) is 4.75. The fraction of sp³-hybridized carbons (Fsp3) is 0.462. The largest absolute Gasteiger partial charge is 0.744 e. The lowest BCUT2D eigenvalue weighted by Gasteiger charge is -2.16. The number of carbonyl (C=O) groups is 1. The number of esters is 1. The van der Waals surface area contributed by atoms with Crippen LogP contribution < -0.4 is 4.74 Å². The lowest BCUT2D eigenvalue weighted by molar-refractivity contribution is -0.142. The Hall–Kier alpha value is -1.40. The predicted molar refractivity (Wildman–Crippen MR) is 70.8 cm³/mol. The van der Waals surface area contributed by atoms with E-state index in [1.807, 2.05) is 13.8 Å². The minimum absolute atomic E-state index is 0.206. The maximum atomic E-state index is 11.5. The maximum Gasteiger partial charge on any atom is 0.316 e. The molecule has 0 atom stereocenters. The lowest BCUT2D eigenvalue weighted by Crippen LogP contribution is -2.25. The van der Waals surface area contributed by atoms with Gasteiger partial charge in [-0.15, -0.1) is 0 Å². The molecule has 0 saturated heterocycles. The molecule has 5 nitrogen and oxygen atoms in total. The van der Waals surface area contributed by atoms with Crippen molar-refractivity contribution in [2.75, 3.05) is 0 Å². The van der Waals surface area contributed by atoms with E-state index in [4.69, 9.17) is 4.74 Å². The van der Waals surface area contributed by atoms with Gasteiger partial charge in [0.25, 0.3) is 0 Å². The van der Waals surface area contributed by atoms with Crippen LogP contribution in [0, 0.1) is 5.41 Å². The van der Waals surface area contributed by atoms with Gasteiger partial charge in [-0.3, -0.25) is 4.79 Å². The topological polar surface area (TPSA) is 83.5 Å². The van der Waals surface area contributed by atoms with Crippen LogP contribution in [-0.2, 0) is 14.9 Å².